The fraction of sp³-hybridized carbons (Fsp3) is 0.318. The lowest BCUT2D eigenvalue weighted by atomic mass is 9.93. The van der Waals surface area contributed by atoms with Crippen molar-refractivity contribution in [3.8, 4) is 17.0 Å². The second-order valence-corrected chi connectivity index (χ2v) is 6.84. The van der Waals surface area contributed by atoms with E-state index in [2.05, 4.69) is 27.4 Å². The summed E-state index contributed by atoms with van der Waals surface area (Å²) in [5, 5.41) is 4.33. The SMILES string of the molecule is COc1cccc(-c2nc(NCCC3C=CCCC3)nc3ncccc23)c1. The molecule has 1 N–H and O–H groups in total. The second-order valence-electron chi connectivity index (χ2n) is 6.84. The Morgan fingerprint density at radius 1 is 1.19 bits per heavy atom. The van der Waals surface area contributed by atoms with E-state index in [0.29, 0.717) is 17.5 Å². The Bertz CT molecular complexity index is 954. The van der Waals surface area contributed by atoms with Crippen LogP contribution in [0, 0.1) is 5.92 Å². The van der Waals surface area contributed by atoms with Crippen LogP contribution in [0.2, 0.25) is 0 Å². The minimum absolute atomic E-state index is 0.624. The number of rotatable bonds is 6. The van der Waals surface area contributed by atoms with Crippen molar-refractivity contribution in [3.05, 3.63) is 54.7 Å². The molecule has 5 heteroatoms. The summed E-state index contributed by atoms with van der Waals surface area (Å²) in [4.78, 5) is 13.8. The minimum atomic E-state index is 0.624. The average Bonchev–Trinajstić information content (AvgIpc) is 2.74. The molecule has 1 atom stereocenters. The molecule has 0 amide bonds. The highest BCUT2D eigenvalue weighted by atomic mass is 16.5. The number of hydrogen-bond acceptors (Lipinski definition) is 5. The van der Waals surface area contributed by atoms with Crippen LogP contribution in [0.15, 0.2) is 54.7 Å². The standard InChI is InChI=1S/C22H24N4O/c1-27-18-10-5-9-17(15-18)20-19-11-6-13-23-21(19)26-22(25-20)24-14-12-16-7-3-2-4-8-16/h3,5-7,9-11,13,15-16H,2,4,8,12,14H2,1H3,(H,23,24,25,26). The van der Waals surface area contributed by atoms with Gasteiger partial charge in [0.05, 0.1) is 12.8 Å². The zero-order valence-corrected chi connectivity index (χ0v) is 15.6. The molecule has 1 unspecified atom stereocenters. The monoisotopic (exact) mass is 360 g/mol. The largest absolute Gasteiger partial charge is 0.497 e. The van der Waals surface area contributed by atoms with Crippen LogP contribution in [-0.2, 0) is 0 Å². The number of pyridine rings is 1. The van der Waals surface area contributed by atoms with Crippen LogP contribution < -0.4 is 10.1 Å². The van der Waals surface area contributed by atoms with Crippen molar-refractivity contribution in [1.29, 1.82) is 0 Å². The van der Waals surface area contributed by atoms with Crippen LogP contribution in [0.1, 0.15) is 25.7 Å². The lowest BCUT2D eigenvalue weighted by Crippen LogP contribution is -2.11. The van der Waals surface area contributed by atoms with Crippen molar-refractivity contribution in [3.63, 3.8) is 0 Å². The molecule has 3 aromatic rings. The quantitative estimate of drug-likeness (QED) is 0.636. The number of fused-ring (bicyclic) bond motifs is 1. The average molecular weight is 360 g/mol. The van der Waals surface area contributed by atoms with E-state index in [9.17, 15) is 0 Å². The molecule has 138 valence electrons. The zero-order valence-electron chi connectivity index (χ0n) is 15.6. The Balaban J connectivity index is 1.61. The van der Waals surface area contributed by atoms with Crippen LogP contribution in [0.25, 0.3) is 22.3 Å². The summed E-state index contributed by atoms with van der Waals surface area (Å²) < 4.78 is 5.37. The van der Waals surface area contributed by atoms with E-state index in [-0.39, 0.29) is 0 Å². The summed E-state index contributed by atoms with van der Waals surface area (Å²) in [7, 11) is 1.67. The van der Waals surface area contributed by atoms with E-state index in [1.165, 1.54) is 19.3 Å². The molecule has 5 nitrogen and oxygen atoms in total. The van der Waals surface area contributed by atoms with E-state index in [1.807, 2.05) is 36.4 Å². The Morgan fingerprint density at radius 2 is 2.15 bits per heavy atom. The third-order valence-electron chi connectivity index (χ3n) is 4.97. The maximum Gasteiger partial charge on any atom is 0.225 e. The summed E-state index contributed by atoms with van der Waals surface area (Å²) in [6, 6.07) is 11.9. The Kier molecular flexibility index (Phi) is 5.28. The summed E-state index contributed by atoms with van der Waals surface area (Å²) >= 11 is 0. The second kappa shape index (κ2) is 8.16. The molecule has 2 heterocycles. The topological polar surface area (TPSA) is 59.9 Å². The van der Waals surface area contributed by atoms with E-state index >= 15 is 0 Å². The van der Waals surface area contributed by atoms with Gasteiger partial charge in [0.1, 0.15) is 5.75 Å². The number of anilines is 1. The molecule has 2 aromatic heterocycles. The number of allylic oxidation sites excluding steroid dienone is 2. The molecule has 27 heavy (non-hydrogen) atoms. The van der Waals surface area contributed by atoms with Crippen LogP contribution >= 0.6 is 0 Å². The van der Waals surface area contributed by atoms with Crippen molar-refractivity contribution in [1.82, 2.24) is 15.0 Å². The zero-order chi connectivity index (χ0) is 18.5. The smallest absolute Gasteiger partial charge is 0.225 e. The molecule has 1 aliphatic rings. The first-order chi connectivity index (χ1) is 13.3. The Morgan fingerprint density at radius 3 is 3.00 bits per heavy atom. The number of nitrogens with zero attached hydrogens (tertiary/aromatic N) is 3. The predicted molar refractivity (Wildman–Crippen MR) is 109 cm³/mol. The summed E-state index contributed by atoms with van der Waals surface area (Å²) in [6.07, 6.45) is 11.3. The van der Waals surface area contributed by atoms with Crippen molar-refractivity contribution in [2.45, 2.75) is 25.7 Å². The van der Waals surface area contributed by atoms with Crippen LogP contribution in [0.5, 0.6) is 5.75 Å². The van der Waals surface area contributed by atoms with Gasteiger partial charge in [0, 0.05) is 23.7 Å². The van der Waals surface area contributed by atoms with Gasteiger partial charge in [0.2, 0.25) is 5.95 Å². The lowest BCUT2D eigenvalue weighted by Gasteiger charge is -2.16. The molecule has 0 fully saturated rings. The molecule has 0 bridgehead atoms. The van der Waals surface area contributed by atoms with Crippen molar-refractivity contribution >= 4 is 17.0 Å². The number of benzene rings is 1. The number of hydrogen-bond donors (Lipinski definition) is 1. The van der Waals surface area contributed by atoms with Crippen molar-refractivity contribution < 1.29 is 4.74 Å². The first kappa shape index (κ1) is 17.5. The van der Waals surface area contributed by atoms with Gasteiger partial charge >= 0.3 is 0 Å². The first-order valence-electron chi connectivity index (χ1n) is 9.51. The van der Waals surface area contributed by atoms with E-state index < -0.39 is 0 Å². The number of aromatic nitrogens is 3. The molecule has 4 rings (SSSR count). The van der Waals surface area contributed by atoms with Crippen molar-refractivity contribution in [2.24, 2.45) is 5.92 Å². The molecule has 1 aromatic carbocycles. The van der Waals surface area contributed by atoms with Gasteiger partial charge in [-0.15, -0.1) is 0 Å². The first-order valence-corrected chi connectivity index (χ1v) is 9.51. The lowest BCUT2D eigenvalue weighted by molar-refractivity contribution is 0.415. The summed E-state index contributed by atoms with van der Waals surface area (Å²) in [5.41, 5.74) is 2.56. The number of methoxy groups -OCH3 is 1. The molecule has 0 spiro atoms. The molecule has 0 saturated carbocycles. The summed E-state index contributed by atoms with van der Waals surface area (Å²) in [6.45, 7) is 0.852. The fourth-order valence-corrected chi connectivity index (χ4v) is 3.52. The maximum atomic E-state index is 5.37. The van der Waals surface area contributed by atoms with Gasteiger partial charge in [-0.1, -0.05) is 24.3 Å². The molecular weight excluding hydrogens is 336 g/mol. The van der Waals surface area contributed by atoms with E-state index in [1.54, 1.807) is 13.3 Å². The third kappa shape index (κ3) is 4.08. The summed E-state index contributed by atoms with van der Waals surface area (Å²) in [5.74, 6) is 2.09. The molecule has 0 aliphatic heterocycles. The van der Waals surface area contributed by atoms with Crippen LogP contribution in [-0.4, -0.2) is 28.6 Å². The fourth-order valence-electron chi connectivity index (χ4n) is 3.52. The highest BCUT2D eigenvalue weighted by Gasteiger charge is 2.12. The van der Waals surface area contributed by atoms with Gasteiger partial charge < -0.3 is 10.1 Å². The number of ether oxygens (including phenoxy) is 1. The van der Waals surface area contributed by atoms with E-state index in [4.69, 9.17) is 9.72 Å². The van der Waals surface area contributed by atoms with Crippen LogP contribution in [0.3, 0.4) is 0 Å². The van der Waals surface area contributed by atoms with Gasteiger partial charge in [-0.25, -0.2) is 9.97 Å². The van der Waals surface area contributed by atoms with Gasteiger partial charge in [-0.3, -0.25) is 0 Å². The predicted octanol–water partition coefficient (Wildman–Crippen LogP) is 4.86. The minimum Gasteiger partial charge on any atom is -0.497 e. The van der Waals surface area contributed by atoms with Crippen molar-refractivity contribution in [2.75, 3.05) is 19.0 Å². The van der Waals surface area contributed by atoms with Gasteiger partial charge in [-0.2, -0.15) is 4.98 Å². The highest BCUT2D eigenvalue weighted by molar-refractivity contribution is 5.91. The van der Waals surface area contributed by atoms with Crippen LogP contribution in [0.4, 0.5) is 5.95 Å². The molecule has 0 radical (unpaired) electrons. The number of nitrogens with one attached hydrogen (secondary N) is 1. The maximum absolute atomic E-state index is 5.37. The molecule has 1 aliphatic carbocycles. The normalized spacial score (nSPS) is 16.4. The highest BCUT2D eigenvalue weighted by Crippen LogP contribution is 2.29. The molecular formula is C22H24N4O. The Hall–Kier alpha value is -2.95. The van der Waals surface area contributed by atoms with Gasteiger partial charge in [0.15, 0.2) is 5.65 Å². The van der Waals surface area contributed by atoms with Gasteiger partial charge in [-0.05, 0) is 55.9 Å². The Labute approximate surface area is 159 Å². The third-order valence-corrected chi connectivity index (χ3v) is 4.97. The molecule has 0 saturated heterocycles. The van der Waals surface area contributed by atoms with Gasteiger partial charge in [0.25, 0.3) is 0 Å². The van der Waals surface area contributed by atoms with E-state index in [0.717, 1.165) is 35.4 Å².